The third kappa shape index (κ3) is 4.40. The van der Waals surface area contributed by atoms with Crippen LogP contribution in [0, 0.1) is 11.3 Å². The monoisotopic (exact) mass is 258 g/mol. The summed E-state index contributed by atoms with van der Waals surface area (Å²) in [4.78, 5) is 12.0. The number of nitrogens with zero attached hydrogens (tertiary/aromatic N) is 1. The number of hydrogen-bond acceptors (Lipinski definition) is 2. The zero-order valence-electron chi connectivity index (χ0n) is 12.2. The predicted octanol–water partition coefficient (Wildman–Crippen LogP) is 3.41. The van der Waals surface area contributed by atoms with Crippen molar-refractivity contribution in [2.75, 3.05) is 0 Å². The molecule has 1 aromatic carbocycles. The molecule has 1 unspecified atom stereocenters. The van der Waals surface area contributed by atoms with Crippen molar-refractivity contribution < 1.29 is 4.79 Å². The molecule has 0 spiro atoms. The summed E-state index contributed by atoms with van der Waals surface area (Å²) < 4.78 is 0. The van der Waals surface area contributed by atoms with Crippen LogP contribution in [0.15, 0.2) is 24.3 Å². The van der Waals surface area contributed by atoms with Crippen LogP contribution >= 0.6 is 0 Å². The molecule has 1 amide bonds. The van der Waals surface area contributed by atoms with Gasteiger partial charge in [-0.05, 0) is 29.5 Å². The van der Waals surface area contributed by atoms with Crippen molar-refractivity contribution in [3.63, 3.8) is 0 Å². The van der Waals surface area contributed by atoms with Gasteiger partial charge in [0.15, 0.2) is 0 Å². The number of hydrogen-bond donors (Lipinski definition) is 1. The third-order valence-corrected chi connectivity index (χ3v) is 3.05. The number of carbonyl (C=O) groups excluding carboxylic acids is 1. The molecule has 1 rings (SSSR count). The zero-order chi connectivity index (χ0) is 14.5. The van der Waals surface area contributed by atoms with Crippen LogP contribution in [0.1, 0.15) is 56.5 Å². The van der Waals surface area contributed by atoms with E-state index in [1.54, 1.807) is 0 Å². The van der Waals surface area contributed by atoms with Gasteiger partial charge in [-0.15, -0.1) is 0 Å². The van der Waals surface area contributed by atoms with Gasteiger partial charge in [-0.25, -0.2) is 0 Å². The van der Waals surface area contributed by atoms with Crippen molar-refractivity contribution in [1.82, 2.24) is 5.32 Å². The summed E-state index contributed by atoms with van der Waals surface area (Å²) in [5.41, 5.74) is 1.87. The number of nitrogens with one attached hydrogen (secondary N) is 1. The first-order chi connectivity index (χ1) is 8.88. The van der Waals surface area contributed by atoms with E-state index in [1.807, 2.05) is 31.2 Å². The van der Waals surface area contributed by atoms with Crippen LogP contribution in [0.5, 0.6) is 0 Å². The van der Waals surface area contributed by atoms with E-state index in [2.05, 4.69) is 32.2 Å². The van der Waals surface area contributed by atoms with Gasteiger partial charge in [0.1, 0.15) is 6.04 Å². The average Bonchev–Trinajstić information content (AvgIpc) is 2.37. The quantitative estimate of drug-likeness (QED) is 0.899. The maximum Gasteiger partial charge on any atom is 0.252 e. The third-order valence-electron chi connectivity index (χ3n) is 3.05. The van der Waals surface area contributed by atoms with Crippen molar-refractivity contribution in [2.45, 2.75) is 52.0 Å². The van der Waals surface area contributed by atoms with E-state index < -0.39 is 6.04 Å². The van der Waals surface area contributed by atoms with Gasteiger partial charge in [0.25, 0.3) is 5.91 Å². The molecule has 0 saturated carbocycles. The Morgan fingerprint density at radius 3 is 2.32 bits per heavy atom. The number of carbonyl (C=O) groups is 1. The Bertz CT molecular complexity index is 463. The summed E-state index contributed by atoms with van der Waals surface area (Å²) in [7, 11) is 0. The molecule has 0 saturated heterocycles. The van der Waals surface area contributed by atoms with Gasteiger partial charge in [0, 0.05) is 5.56 Å². The number of nitriles is 1. The predicted molar refractivity (Wildman–Crippen MR) is 76.9 cm³/mol. The van der Waals surface area contributed by atoms with Crippen LogP contribution in [0.3, 0.4) is 0 Å². The molecule has 1 N–H and O–H groups in total. The molecule has 0 aliphatic rings. The van der Waals surface area contributed by atoms with E-state index in [9.17, 15) is 4.79 Å². The Morgan fingerprint density at radius 2 is 1.89 bits per heavy atom. The molecule has 0 aliphatic heterocycles. The van der Waals surface area contributed by atoms with Crippen LogP contribution in [0.2, 0.25) is 0 Å². The highest BCUT2D eigenvalue weighted by Crippen LogP contribution is 2.22. The molecule has 0 fully saturated rings. The Labute approximate surface area is 115 Å². The molecule has 0 radical (unpaired) electrons. The Kier molecular flexibility index (Phi) is 5.11. The molecule has 1 atom stereocenters. The molecule has 3 heteroatoms. The second-order valence-electron chi connectivity index (χ2n) is 5.77. The molecule has 0 bridgehead atoms. The summed E-state index contributed by atoms with van der Waals surface area (Å²) in [6.45, 7) is 8.40. The van der Waals surface area contributed by atoms with E-state index >= 15 is 0 Å². The van der Waals surface area contributed by atoms with Gasteiger partial charge in [-0.2, -0.15) is 5.26 Å². The lowest BCUT2D eigenvalue weighted by molar-refractivity contribution is 0.0944. The fourth-order valence-electron chi connectivity index (χ4n) is 1.82. The van der Waals surface area contributed by atoms with Crippen LogP contribution in [0.4, 0.5) is 0 Å². The minimum absolute atomic E-state index is 0.0758. The smallest absolute Gasteiger partial charge is 0.252 e. The SMILES string of the molecule is CCCC(C#N)NC(=O)c1ccc(C(C)(C)C)cc1. The summed E-state index contributed by atoms with van der Waals surface area (Å²) in [5, 5.41) is 11.7. The molecular formula is C16H22N2O. The first-order valence-corrected chi connectivity index (χ1v) is 6.69. The first-order valence-electron chi connectivity index (χ1n) is 6.69. The zero-order valence-corrected chi connectivity index (χ0v) is 12.2. The highest BCUT2D eigenvalue weighted by atomic mass is 16.1. The number of rotatable bonds is 4. The Hall–Kier alpha value is -1.82. The lowest BCUT2D eigenvalue weighted by Gasteiger charge is -2.19. The fourth-order valence-corrected chi connectivity index (χ4v) is 1.82. The molecule has 0 aliphatic carbocycles. The van der Waals surface area contributed by atoms with E-state index in [-0.39, 0.29) is 11.3 Å². The summed E-state index contributed by atoms with van der Waals surface area (Å²) in [5.74, 6) is -0.180. The van der Waals surface area contributed by atoms with Crippen LogP contribution in [0.25, 0.3) is 0 Å². The van der Waals surface area contributed by atoms with Gasteiger partial charge < -0.3 is 5.32 Å². The standard InChI is InChI=1S/C16H22N2O/c1-5-6-14(11-17)18-15(19)12-7-9-13(10-8-12)16(2,3)4/h7-10,14H,5-6H2,1-4H3,(H,18,19). The number of benzene rings is 1. The van der Waals surface area contributed by atoms with Gasteiger partial charge in [-0.1, -0.05) is 46.2 Å². The molecule has 0 heterocycles. The van der Waals surface area contributed by atoms with E-state index in [0.717, 1.165) is 6.42 Å². The van der Waals surface area contributed by atoms with Crippen molar-refractivity contribution in [3.8, 4) is 6.07 Å². The highest BCUT2D eigenvalue weighted by molar-refractivity contribution is 5.94. The second kappa shape index (κ2) is 6.38. The fraction of sp³-hybridized carbons (Fsp3) is 0.500. The van der Waals surface area contributed by atoms with Gasteiger partial charge in [0.2, 0.25) is 0 Å². The van der Waals surface area contributed by atoms with E-state index in [4.69, 9.17) is 5.26 Å². The minimum Gasteiger partial charge on any atom is -0.336 e. The Morgan fingerprint density at radius 1 is 1.32 bits per heavy atom. The van der Waals surface area contributed by atoms with E-state index in [0.29, 0.717) is 12.0 Å². The maximum absolute atomic E-state index is 12.0. The van der Waals surface area contributed by atoms with Crippen molar-refractivity contribution >= 4 is 5.91 Å². The van der Waals surface area contributed by atoms with Crippen LogP contribution in [-0.4, -0.2) is 11.9 Å². The number of amides is 1. The van der Waals surface area contributed by atoms with Crippen LogP contribution in [-0.2, 0) is 5.41 Å². The lowest BCUT2D eigenvalue weighted by atomic mass is 9.86. The average molecular weight is 258 g/mol. The van der Waals surface area contributed by atoms with Crippen LogP contribution < -0.4 is 5.32 Å². The van der Waals surface area contributed by atoms with Gasteiger partial charge >= 0.3 is 0 Å². The lowest BCUT2D eigenvalue weighted by Crippen LogP contribution is -2.33. The second-order valence-corrected chi connectivity index (χ2v) is 5.77. The summed E-state index contributed by atoms with van der Waals surface area (Å²) >= 11 is 0. The Balaban J connectivity index is 2.76. The molecule has 102 valence electrons. The maximum atomic E-state index is 12.0. The molecular weight excluding hydrogens is 236 g/mol. The van der Waals surface area contributed by atoms with Gasteiger partial charge in [-0.3, -0.25) is 4.79 Å². The largest absolute Gasteiger partial charge is 0.336 e. The van der Waals surface area contributed by atoms with E-state index in [1.165, 1.54) is 5.56 Å². The summed E-state index contributed by atoms with van der Waals surface area (Å²) in [6, 6.07) is 9.27. The van der Waals surface area contributed by atoms with Gasteiger partial charge in [0.05, 0.1) is 6.07 Å². The molecule has 3 nitrogen and oxygen atoms in total. The van der Waals surface area contributed by atoms with Crippen molar-refractivity contribution in [2.24, 2.45) is 0 Å². The molecule has 1 aromatic rings. The minimum atomic E-state index is -0.403. The molecule has 19 heavy (non-hydrogen) atoms. The van der Waals surface area contributed by atoms with Crippen molar-refractivity contribution in [3.05, 3.63) is 35.4 Å². The first kappa shape index (κ1) is 15.2. The summed E-state index contributed by atoms with van der Waals surface area (Å²) in [6.07, 6.45) is 1.56. The van der Waals surface area contributed by atoms with Crippen molar-refractivity contribution in [1.29, 1.82) is 5.26 Å². The highest BCUT2D eigenvalue weighted by Gasteiger charge is 2.15. The normalized spacial score (nSPS) is 12.6. The topological polar surface area (TPSA) is 52.9 Å². The molecule has 0 aromatic heterocycles.